The van der Waals surface area contributed by atoms with Gasteiger partial charge in [0.05, 0.1) is 14.7 Å². The third-order valence-electron chi connectivity index (χ3n) is 11.5. The van der Waals surface area contributed by atoms with Gasteiger partial charge in [0.25, 0.3) is 8.32 Å². The molecule has 0 spiro atoms. The number of benzene rings is 4. The first kappa shape index (κ1) is 43.6. The van der Waals surface area contributed by atoms with Crippen molar-refractivity contribution < 1.29 is 4.43 Å². The third-order valence-corrected chi connectivity index (χ3v) is 20.0. The van der Waals surface area contributed by atoms with Gasteiger partial charge in [0.15, 0.2) is 0 Å². The summed E-state index contributed by atoms with van der Waals surface area (Å²) in [6, 6.07) is 40.9. The summed E-state index contributed by atoms with van der Waals surface area (Å²) in [6.45, 7) is 14.9. The predicted octanol–water partition coefficient (Wildman–Crippen LogP) is 13.3. The first-order valence-corrected chi connectivity index (χ1v) is 26.7. The van der Waals surface area contributed by atoms with E-state index in [4.69, 9.17) is 4.43 Å². The van der Waals surface area contributed by atoms with Crippen molar-refractivity contribution in [1.29, 1.82) is 0 Å². The van der Waals surface area contributed by atoms with Gasteiger partial charge in [-0.1, -0.05) is 252 Å². The minimum Gasteiger partial charge on any atom is -0.403 e. The molecule has 0 heterocycles. The lowest BCUT2D eigenvalue weighted by Crippen LogP contribution is -2.66. The Morgan fingerprint density at radius 3 is 1.26 bits per heavy atom. The summed E-state index contributed by atoms with van der Waals surface area (Å²) < 4.78 is 7.14. The van der Waals surface area contributed by atoms with Crippen LogP contribution >= 0.6 is 0 Å². The van der Waals surface area contributed by atoms with Crippen LogP contribution < -0.4 is 15.6 Å². The van der Waals surface area contributed by atoms with Crippen molar-refractivity contribution in [2.75, 3.05) is 0 Å². The van der Waals surface area contributed by atoms with E-state index in [2.05, 4.69) is 162 Å². The van der Waals surface area contributed by atoms with Crippen LogP contribution in [0.15, 0.2) is 109 Å². The summed E-state index contributed by atoms with van der Waals surface area (Å²) in [6.07, 6.45) is 22.9. The van der Waals surface area contributed by atoms with E-state index in [1.165, 1.54) is 125 Å². The number of unbranched alkanes of at least 4 members (excludes halogenated alkanes) is 15. The van der Waals surface area contributed by atoms with Crippen LogP contribution in [0.2, 0.25) is 24.2 Å². The minimum atomic E-state index is -2.57. The highest BCUT2D eigenvalue weighted by molar-refractivity contribution is 6.99. The Morgan fingerprint density at radius 2 is 0.852 bits per heavy atom. The minimum absolute atomic E-state index is 0.0418. The molecule has 4 aromatic rings. The molecule has 4 rings (SSSR count). The standard InChI is InChI=1S/C51H72OSi2/c1-7-8-9-10-11-12-13-14-15-16-17-18-19-20-21-28-43-53(5,6)48-41-39-46(40-42-48)34-33-45-35-37-47(38-36-45)44-52-54(51(2,3)4,49-29-24-22-25-30-49)50-31-26-23-27-32-50/h22-27,29-32,35-42H,7-21,28,43-44H2,1-6H3. The first-order chi connectivity index (χ1) is 26.2. The lowest BCUT2D eigenvalue weighted by molar-refractivity contribution is 0.286. The Kier molecular flexibility index (Phi) is 18.6. The van der Waals surface area contributed by atoms with E-state index in [1.807, 2.05) is 0 Å². The molecule has 3 heteroatoms. The van der Waals surface area contributed by atoms with Gasteiger partial charge in [-0.25, -0.2) is 0 Å². The van der Waals surface area contributed by atoms with Crippen molar-refractivity contribution in [3.8, 4) is 11.8 Å². The largest absolute Gasteiger partial charge is 0.403 e. The highest BCUT2D eigenvalue weighted by Crippen LogP contribution is 2.37. The van der Waals surface area contributed by atoms with Crippen LogP contribution in [0.25, 0.3) is 0 Å². The molecule has 0 unspecified atom stereocenters. The molecule has 0 aliphatic rings. The summed E-state index contributed by atoms with van der Waals surface area (Å²) in [5.41, 5.74) is 3.30. The van der Waals surface area contributed by atoms with Crippen LogP contribution in [0.4, 0.5) is 0 Å². The molecule has 0 fully saturated rings. The van der Waals surface area contributed by atoms with Crippen LogP contribution in [-0.2, 0) is 11.0 Å². The van der Waals surface area contributed by atoms with Crippen molar-refractivity contribution in [2.45, 2.75) is 161 Å². The molecule has 290 valence electrons. The predicted molar refractivity (Wildman–Crippen MR) is 243 cm³/mol. The molecular weight excluding hydrogens is 685 g/mol. The average Bonchev–Trinajstić information content (AvgIpc) is 3.18. The van der Waals surface area contributed by atoms with Gasteiger partial charge in [0.2, 0.25) is 0 Å². The first-order valence-electron chi connectivity index (χ1n) is 21.6. The lowest BCUT2D eigenvalue weighted by Gasteiger charge is -2.43. The van der Waals surface area contributed by atoms with E-state index in [0.717, 1.165) is 11.1 Å². The van der Waals surface area contributed by atoms with Gasteiger partial charge in [-0.15, -0.1) is 0 Å². The van der Waals surface area contributed by atoms with Crippen LogP contribution in [0, 0.1) is 11.8 Å². The second kappa shape index (κ2) is 23.0. The monoisotopic (exact) mass is 757 g/mol. The lowest BCUT2D eigenvalue weighted by atomic mass is 10.0. The van der Waals surface area contributed by atoms with Crippen LogP contribution in [0.1, 0.15) is 147 Å². The Bertz CT molecular complexity index is 1600. The fourth-order valence-electron chi connectivity index (χ4n) is 8.05. The smallest absolute Gasteiger partial charge is 0.261 e. The highest BCUT2D eigenvalue weighted by atomic mass is 28.4. The Morgan fingerprint density at radius 1 is 0.463 bits per heavy atom. The topological polar surface area (TPSA) is 9.23 Å². The van der Waals surface area contributed by atoms with E-state index in [1.54, 1.807) is 5.19 Å². The molecular formula is C51H72OSi2. The van der Waals surface area contributed by atoms with Crippen molar-refractivity contribution in [3.63, 3.8) is 0 Å². The normalized spacial score (nSPS) is 12.0. The molecule has 0 saturated heterocycles. The zero-order valence-corrected chi connectivity index (χ0v) is 37.0. The maximum atomic E-state index is 7.14. The van der Waals surface area contributed by atoms with Crippen LogP contribution in [-0.4, -0.2) is 16.4 Å². The maximum absolute atomic E-state index is 7.14. The van der Waals surface area contributed by atoms with Gasteiger partial charge in [-0.2, -0.15) is 0 Å². The molecule has 0 atom stereocenters. The van der Waals surface area contributed by atoms with Crippen LogP contribution in [0.5, 0.6) is 0 Å². The molecule has 0 N–H and O–H groups in total. The molecule has 0 amide bonds. The Labute approximate surface area is 333 Å². The van der Waals surface area contributed by atoms with E-state index in [-0.39, 0.29) is 5.04 Å². The summed E-state index contributed by atoms with van der Waals surface area (Å²) >= 11 is 0. The Balaban J connectivity index is 1.19. The van der Waals surface area contributed by atoms with Gasteiger partial charge in [0.1, 0.15) is 0 Å². The zero-order chi connectivity index (χ0) is 38.5. The second-order valence-electron chi connectivity index (χ2n) is 17.4. The van der Waals surface area contributed by atoms with E-state index < -0.39 is 16.4 Å². The molecule has 0 radical (unpaired) electrons. The number of rotatable bonds is 23. The zero-order valence-electron chi connectivity index (χ0n) is 35.0. The number of hydrogen-bond donors (Lipinski definition) is 0. The van der Waals surface area contributed by atoms with E-state index >= 15 is 0 Å². The van der Waals surface area contributed by atoms with Gasteiger partial charge in [0, 0.05) is 11.1 Å². The fourth-order valence-corrected chi connectivity index (χ4v) is 15.1. The van der Waals surface area contributed by atoms with Gasteiger partial charge in [-0.3, -0.25) is 0 Å². The Hall–Kier alpha value is -3.17. The summed E-state index contributed by atoms with van der Waals surface area (Å²) in [4.78, 5) is 0. The van der Waals surface area contributed by atoms with E-state index in [0.29, 0.717) is 6.61 Å². The highest BCUT2D eigenvalue weighted by Gasteiger charge is 2.50. The van der Waals surface area contributed by atoms with Crippen molar-refractivity contribution >= 4 is 32.0 Å². The molecule has 54 heavy (non-hydrogen) atoms. The molecule has 4 aromatic carbocycles. The summed E-state index contributed by atoms with van der Waals surface area (Å²) in [7, 11) is -4.01. The van der Waals surface area contributed by atoms with Gasteiger partial charge >= 0.3 is 0 Å². The van der Waals surface area contributed by atoms with Gasteiger partial charge in [-0.05, 0) is 45.2 Å². The SMILES string of the molecule is CCCCCCCCCCCCCCCCCC[Si](C)(C)c1ccc(C#Cc2ccc(CO[Si](c3ccccc3)(c3ccccc3)C(C)(C)C)cc2)cc1. The molecule has 0 aliphatic carbocycles. The van der Waals surface area contributed by atoms with Crippen molar-refractivity contribution in [1.82, 2.24) is 0 Å². The molecule has 0 aromatic heterocycles. The van der Waals surface area contributed by atoms with E-state index in [9.17, 15) is 0 Å². The molecule has 0 saturated carbocycles. The van der Waals surface area contributed by atoms with Crippen molar-refractivity contribution in [2.24, 2.45) is 0 Å². The number of hydrogen-bond acceptors (Lipinski definition) is 1. The maximum Gasteiger partial charge on any atom is 0.261 e. The summed E-state index contributed by atoms with van der Waals surface area (Å²) in [5, 5.41) is 4.13. The van der Waals surface area contributed by atoms with Crippen molar-refractivity contribution in [3.05, 3.63) is 126 Å². The van der Waals surface area contributed by atoms with Gasteiger partial charge < -0.3 is 4.43 Å². The average molecular weight is 757 g/mol. The summed E-state index contributed by atoms with van der Waals surface area (Å²) in [5.74, 6) is 6.83. The van der Waals surface area contributed by atoms with Crippen LogP contribution in [0.3, 0.4) is 0 Å². The molecule has 0 bridgehead atoms. The quantitative estimate of drug-likeness (QED) is 0.0416. The second-order valence-corrected chi connectivity index (χ2v) is 26.6. The molecule has 1 nitrogen and oxygen atoms in total. The fraction of sp³-hybridized carbons (Fsp3) is 0.490. The third kappa shape index (κ3) is 13.8. The molecule has 0 aliphatic heterocycles.